The first-order valence-electron chi connectivity index (χ1n) is 10.5. The van der Waals surface area contributed by atoms with Crippen LogP contribution in [0.4, 0.5) is 0 Å². The van der Waals surface area contributed by atoms with Gasteiger partial charge < -0.3 is 9.80 Å². The van der Waals surface area contributed by atoms with E-state index in [0.717, 1.165) is 41.6 Å². The van der Waals surface area contributed by atoms with E-state index in [9.17, 15) is 9.59 Å². The van der Waals surface area contributed by atoms with Gasteiger partial charge in [-0.3, -0.25) is 14.6 Å². The van der Waals surface area contributed by atoms with Crippen LogP contribution in [0.2, 0.25) is 0 Å². The molecule has 2 aromatic rings. The maximum atomic E-state index is 13.1. The number of carbonyl (C=O) groups is 2. The molecule has 4 rings (SSSR count). The first kappa shape index (κ1) is 19.6. The molecule has 5 nitrogen and oxygen atoms in total. The fourth-order valence-electron chi connectivity index (χ4n) is 4.61. The Balaban J connectivity index is 1.58. The minimum Gasteiger partial charge on any atom is -0.336 e. The molecule has 2 amide bonds. The van der Waals surface area contributed by atoms with Crippen molar-refractivity contribution in [3.05, 3.63) is 64.5 Å². The van der Waals surface area contributed by atoms with Crippen LogP contribution in [0.15, 0.2) is 36.5 Å². The highest BCUT2D eigenvalue weighted by molar-refractivity contribution is 5.97. The van der Waals surface area contributed by atoms with Gasteiger partial charge in [-0.25, -0.2) is 0 Å². The number of carbonyl (C=O) groups excluding carboxylic acids is 2. The highest BCUT2D eigenvalue weighted by Crippen LogP contribution is 2.29. The number of benzene rings is 1. The molecule has 0 saturated heterocycles. The summed E-state index contributed by atoms with van der Waals surface area (Å²) in [5, 5.41) is 0. The van der Waals surface area contributed by atoms with Crippen molar-refractivity contribution in [1.82, 2.24) is 14.8 Å². The lowest BCUT2D eigenvalue weighted by molar-refractivity contribution is 0.0518. The molecule has 0 radical (unpaired) electrons. The Morgan fingerprint density at radius 3 is 2.55 bits per heavy atom. The average molecular weight is 392 g/mol. The molecule has 0 N–H and O–H groups in total. The van der Waals surface area contributed by atoms with Gasteiger partial charge in [0.15, 0.2) is 0 Å². The third-order valence-corrected chi connectivity index (χ3v) is 6.22. The van der Waals surface area contributed by atoms with Crippen molar-refractivity contribution in [1.29, 1.82) is 0 Å². The zero-order chi connectivity index (χ0) is 20.8. The lowest BCUT2D eigenvalue weighted by Gasteiger charge is -2.41. The van der Waals surface area contributed by atoms with Crippen LogP contribution < -0.4 is 0 Å². The maximum Gasteiger partial charge on any atom is 0.273 e. The van der Waals surface area contributed by atoms with Gasteiger partial charge in [-0.2, -0.15) is 0 Å². The molecule has 1 aromatic carbocycles. The lowest BCUT2D eigenvalue weighted by atomic mass is 9.87. The molecule has 0 unspecified atom stereocenters. The predicted octanol–water partition coefficient (Wildman–Crippen LogP) is 3.51. The molecule has 0 saturated carbocycles. The van der Waals surface area contributed by atoms with Crippen LogP contribution >= 0.6 is 0 Å². The van der Waals surface area contributed by atoms with Gasteiger partial charge in [-0.05, 0) is 75.8 Å². The molecule has 152 valence electrons. The summed E-state index contributed by atoms with van der Waals surface area (Å²) in [6, 6.07) is 10.3. The summed E-state index contributed by atoms with van der Waals surface area (Å²) >= 11 is 0. The van der Waals surface area contributed by atoms with Crippen molar-refractivity contribution < 1.29 is 9.59 Å². The van der Waals surface area contributed by atoms with Gasteiger partial charge in [-0.1, -0.05) is 18.2 Å². The lowest BCUT2D eigenvalue weighted by Crippen LogP contribution is -2.52. The molecule has 5 heteroatoms. The summed E-state index contributed by atoms with van der Waals surface area (Å²) in [6.07, 6.45) is 4.10. The monoisotopic (exact) mass is 391 g/mol. The summed E-state index contributed by atoms with van der Waals surface area (Å²) in [7, 11) is 0. The number of rotatable bonds is 4. The second kappa shape index (κ2) is 7.29. The van der Waals surface area contributed by atoms with Gasteiger partial charge >= 0.3 is 0 Å². The molecule has 2 aliphatic heterocycles. The van der Waals surface area contributed by atoms with Crippen LogP contribution in [0, 0.1) is 0 Å². The second-order valence-corrected chi connectivity index (χ2v) is 9.04. The normalized spacial score (nSPS) is 16.9. The van der Waals surface area contributed by atoms with Gasteiger partial charge in [0.25, 0.3) is 11.8 Å². The maximum absolute atomic E-state index is 13.1. The van der Waals surface area contributed by atoms with Gasteiger partial charge in [0.2, 0.25) is 0 Å². The number of hydrogen-bond acceptors (Lipinski definition) is 3. The van der Waals surface area contributed by atoms with Crippen LogP contribution in [-0.4, -0.2) is 51.3 Å². The Bertz CT molecular complexity index is 964. The zero-order valence-corrected chi connectivity index (χ0v) is 17.7. The molecular weight excluding hydrogens is 362 g/mol. The minimum atomic E-state index is -0.365. The molecule has 0 bridgehead atoms. The number of fused-ring (bicyclic) bond motifs is 2. The highest BCUT2D eigenvalue weighted by Gasteiger charge is 2.36. The molecule has 0 aliphatic carbocycles. The third kappa shape index (κ3) is 3.54. The van der Waals surface area contributed by atoms with E-state index in [1.165, 1.54) is 0 Å². The molecule has 29 heavy (non-hydrogen) atoms. The molecule has 0 fully saturated rings. The Labute approximate surface area is 172 Å². The van der Waals surface area contributed by atoms with Gasteiger partial charge in [0.1, 0.15) is 5.69 Å². The smallest absolute Gasteiger partial charge is 0.273 e. The van der Waals surface area contributed by atoms with Crippen molar-refractivity contribution in [2.24, 2.45) is 0 Å². The van der Waals surface area contributed by atoms with Gasteiger partial charge in [0, 0.05) is 36.4 Å². The third-order valence-electron chi connectivity index (χ3n) is 6.22. The van der Waals surface area contributed by atoms with E-state index in [1.807, 2.05) is 28.0 Å². The van der Waals surface area contributed by atoms with E-state index in [1.54, 1.807) is 6.20 Å². The largest absolute Gasteiger partial charge is 0.336 e. The summed E-state index contributed by atoms with van der Waals surface area (Å²) in [5.41, 5.74) is 4.26. The van der Waals surface area contributed by atoms with Crippen LogP contribution in [0.25, 0.3) is 0 Å². The van der Waals surface area contributed by atoms with E-state index in [4.69, 9.17) is 0 Å². The topological polar surface area (TPSA) is 53.5 Å². The van der Waals surface area contributed by atoms with Crippen molar-refractivity contribution in [3.63, 3.8) is 0 Å². The standard InChI is InChI=1S/C24H29N3O2/c1-16(2)26-12-9-18-8-7-17(14-20(18)22(26)28)15-24(3,4)27-13-10-19-6-5-11-25-21(19)23(27)29/h5-8,11,14,16H,9-10,12-13,15H2,1-4H3. The number of pyridine rings is 1. The van der Waals surface area contributed by atoms with Crippen molar-refractivity contribution in [2.45, 2.75) is 58.5 Å². The summed E-state index contributed by atoms with van der Waals surface area (Å²) in [5.74, 6) is 0.116. The summed E-state index contributed by atoms with van der Waals surface area (Å²) in [6.45, 7) is 9.78. The van der Waals surface area contributed by atoms with E-state index in [0.29, 0.717) is 18.7 Å². The zero-order valence-electron chi connectivity index (χ0n) is 17.7. The van der Waals surface area contributed by atoms with E-state index in [2.05, 4.69) is 44.8 Å². The van der Waals surface area contributed by atoms with E-state index in [-0.39, 0.29) is 23.4 Å². The SMILES string of the molecule is CC(C)N1CCc2ccc(CC(C)(C)N3CCc4cccnc4C3=O)cc2C1=O. The average Bonchev–Trinajstić information content (AvgIpc) is 2.68. The second-order valence-electron chi connectivity index (χ2n) is 9.04. The first-order chi connectivity index (χ1) is 13.8. The van der Waals surface area contributed by atoms with E-state index >= 15 is 0 Å². The summed E-state index contributed by atoms with van der Waals surface area (Å²) in [4.78, 5) is 34.2. The Morgan fingerprint density at radius 1 is 1.03 bits per heavy atom. The predicted molar refractivity (Wildman–Crippen MR) is 113 cm³/mol. The number of aromatic nitrogens is 1. The molecule has 3 heterocycles. The van der Waals surface area contributed by atoms with Crippen LogP contribution in [-0.2, 0) is 19.3 Å². The van der Waals surface area contributed by atoms with Gasteiger partial charge in [-0.15, -0.1) is 0 Å². The van der Waals surface area contributed by atoms with Crippen LogP contribution in [0.5, 0.6) is 0 Å². The number of nitrogens with zero attached hydrogens (tertiary/aromatic N) is 3. The van der Waals surface area contributed by atoms with Crippen LogP contribution in [0.1, 0.15) is 65.2 Å². The van der Waals surface area contributed by atoms with Crippen molar-refractivity contribution >= 4 is 11.8 Å². The fraction of sp³-hybridized carbons (Fsp3) is 0.458. The Morgan fingerprint density at radius 2 is 1.79 bits per heavy atom. The fourth-order valence-corrected chi connectivity index (χ4v) is 4.61. The molecular formula is C24H29N3O2. The summed E-state index contributed by atoms with van der Waals surface area (Å²) < 4.78 is 0. The quantitative estimate of drug-likeness (QED) is 0.801. The Kier molecular flexibility index (Phi) is 4.93. The van der Waals surface area contributed by atoms with Crippen molar-refractivity contribution in [2.75, 3.05) is 13.1 Å². The van der Waals surface area contributed by atoms with Gasteiger partial charge in [0.05, 0.1) is 0 Å². The molecule has 1 aromatic heterocycles. The molecule has 0 spiro atoms. The molecule has 0 atom stereocenters. The number of hydrogen-bond donors (Lipinski definition) is 0. The van der Waals surface area contributed by atoms with E-state index < -0.39 is 0 Å². The first-order valence-corrected chi connectivity index (χ1v) is 10.5. The van der Waals surface area contributed by atoms with Crippen molar-refractivity contribution in [3.8, 4) is 0 Å². The Hall–Kier alpha value is -2.69. The highest BCUT2D eigenvalue weighted by atomic mass is 16.2. The van der Waals surface area contributed by atoms with Crippen LogP contribution in [0.3, 0.4) is 0 Å². The number of amides is 2. The molecule has 2 aliphatic rings. The minimum absolute atomic E-state index is 0.00290.